The molecule has 1 atom stereocenters. The molecule has 0 spiro atoms. The Labute approximate surface area is 114 Å². The minimum Gasteiger partial charge on any atom is -0.207 e. The number of rotatable bonds is 3. The van der Waals surface area contributed by atoms with E-state index in [4.69, 9.17) is 23.2 Å². The van der Waals surface area contributed by atoms with E-state index in [1.54, 1.807) is 30.3 Å². The Morgan fingerprint density at radius 2 is 1.72 bits per heavy atom. The molecule has 0 bridgehead atoms. The zero-order valence-electron chi connectivity index (χ0n) is 9.34. The van der Waals surface area contributed by atoms with Crippen molar-refractivity contribution >= 4 is 23.2 Å². The Kier molecular flexibility index (Phi) is 4.20. The fourth-order valence-corrected chi connectivity index (χ4v) is 2.25. The van der Waals surface area contributed by atoms with Crippen LogP contribution in [0.25, 0.3) is 0 Å². The molecule has 0 fully saturated rings. The summed E-state index contributed by atoms with van der Waals surface area (Å²) >= 11 is 11.8. The lowest BCUT2D eigenvalue weighted by atomic mass is 10.0. The first-order chi connectivity index (χ1) is 8.59. The van der Waals surface area contributed by atoms with Crippen molar-refractivity contribution in [2.24, 2.45) is 0 Å². The zero-order chi connectivity index (χ0) is 13.1. The van der Waals surface area contributed by atoms with Gasteiger partial charge in [0.15, 0.2) is 0 Å². The lowest BCUT2D eigenvalue weighted by molar-refractivity contribution is 0.592. The maximum atomic E-state index is 13.7. The van der Waals surface area contributed by atoms with Crippen molar-refractivity contribution in [1.29, 1.82) is 0 Å². The van der Waals surface area contributed by atoms with Crippen LogP contribution >= 0.6 is 23.2 Å². The molecule has 0 nitrogen and oxygen atoms in total. The summed E-state index contributed by atoms with van der Waals surface area (Å²) in [7, 11) is 0. The Bertz CT molecular complexity index is 555. The predicted molar refractivity (Wildman–Crippen MR) is 70.1 cm³/mol. The summed E-state index contributed by atoms with van der Waals surface area (Å²) < 4.78 is 27.2. The molecule has 0 radical (unpaired) electrons. The minimum absolute atomic E-state index is 0.0201. The van der Waals surface area contributed by atoms with Gasteiger partial charge in [0.1, 0.15) is 11.6 Å². The molecule has 0 N–H and O–H groups in total. The van der Waals surface area contributed by atoms with E-state index in [-0.39, 0.29) is 22.8 Å². The van der Waals surface area contributed by atoms with Crippen molar-refractivity contribution in [2.75, 3.05) is 0 Å². The third-order valence-electron chi connectivity index (χ3n) is 2.68. The van der Waals surface area contributed by atoms with Gasteiger partial charge >= 0.3 is 0 Å². The van der Waals surface area contributed by atoms with E-state index in [0.717, 1.165) is 0 Å². The van der Waals surface area contributed by atoms with E-state index in [0.29, 0.717) is 5.56 Å². The number of halogens is 4. The van der Waals surface area contributed by atoms with Gasteiger partial charge < -0.3 is 0 Å². The summed E-state index contributed by atoms with van der Waals surface area (Å²) in [6, 6.07) is 10.9. The van der Waals surface area contributed by atoms with Gasteiger partial charge in [-0.3, -0.25) is 0 Å². The second-order valence-corrected chi connectivity index (χ2v) is 4.84. The molecule has 0 aliphatic carbocycles. The van der Waals surface area contributed by atoms with Crippen molar-refractivity contribution in [3.05, 3.63) is 70.2 Å². The molecular weight excluding hydrogens is 277 g/mol. The highest BCUT2D eigenvalue weighted by Crippen LogP contribution is 2.30. The molecule has 4 heteroatoms. The van der Waals surface area contributed by atoms with E-state index in [1.807, 2.05) is 0 Å². The average Bonchev–Trinajstić information content (AvgIpc) is 2.35. The van der Waals surface area contributed by atoms with Gasteiger partial charge in [0.2, 0.25) is 0 Å². The van der Waals surface area contributed by atoms with Crippen LogP contribution < -0.4 is 0 Å². The molecule has 0 aliphatic heterocycles. The molecule has 0 saturated carbocycles. The summed E-state index contributed by atoms with van der Waals surface area (Å²) in [4.78, 5) is 0. The van der Waals surface area contributed by atoms with E-state index >= 15 is 0 Å². The lowest BCUT2D eigenvalue weighted by Gasteiger charge is -2.12. The lowest BCUT2D eigenvalue weighted by Crippen LogP contribution is -2.01. The summed E-state index contributed by atoms with van der Waals surface area (Å²) in [5.41, 5.74) is 0.740. The third-order valence-corrected chi connectivity index (χ3v) is 3.36. The standard InChI is InChI=1S/C14H10Cl2F2/c15-11-6-3-5-10(14(11)18)12(16)8-9-4-1-2-7-13(9)17/h1-7,12H,8H2. The largest absolute Gasteiger partial charge is 0.207 e. The number of benzene rings is 2. The van der Waals surface area contributed by atoms with Crippen molar-refractivity contribution in [1.82, 2.24) is 0 Å². The highest BCUT2D eigenvalue weighted by Gasteiger charge is 2.17. The molecule has 2 rings (SSSR count). The quantitative estimate of drug-likeness (QED) is 0.685. The van der Waals surface area contributed by atoms with Crippen molar-refractivity contribution < 1.29 is 8.78 Å². The van der Waals surface area contributed by atoms with Crippen LogP contribution in [0.15, 0.2) is 42.5 Å². The average molecular weight is 287 g/mol. The maximum Gasteiger partial charge on any atom is 0.146 e. The van der Waals surface area contributed by atoms with E-state index in [9.17, 15) is 8.78 Å². The van der Waals surface area contributed by atoms with Crippen LogP contribution in [0, 0.1) is 11.6 Å². The van der Waals surface area contributed by atoms with Gasteiger partial charge in [-0.15, -0.1) is 11.6 Å². The second kappa shape index (κ2) is 5.68. The predicted octanol–water partition coefficient (Wildman–Crippen LogP) is 5.14. The highest BCUT2D eigenvalue weighted by atomic mass is 35.5. The van der Waals surface area contributed by atoms with Gasteiger partial charge in [-0.1, -0.05) is 41.9 Å². The molecule has 94 valence electrons. The molecule has 1 unspecified atom stereocenters. The molecule has 0 aromatic heterocycles. The van der Waals surface area contributed by atoms with Crippen molar-refractivity contribution in [3.8, 4) is 0 Å². The number of hydrogen-bond acceptors (Lipinski definition) is 0. The van der Waals surface area contributed by atoms with Crippen LogP contribution in [0.5, 0.6) is 0 Å². The van der Waals surface area contributed by atoms with Crippen molar-refractivity contribution in [3.63, 3.8) is 0 Å². The minimum atomic E-state index is -0.652. The molecule has 0 amide bonds. The Balaban J connectivity index is 2.25. The summed E-state index contributed by atoms with van der Waals surface area (Å²) in [6.07, 6.45) is 0.214. The number of alkyl halides is 1. The third kappa shape index (κ3) is 2.82. The van der Waals surface area contributed by atoms with Gasteiger partial charge in [0.25, 0.3) is 0 Å². The Hall–Kier alpha value is -1.12. The van der Waals surface area contributed by atoms with Crippen molar-refractivity contribution in [2.45, 2.75) is 11.8 Å². The molecule has 0 aliphatic rings. The van der Waals surface area contributed by atoms with Crippen LogP contribution in [-0.4, -0.2) is 0 Å². The van der Waals surface area contributed by atoms with E-state index in [2.05, 4.69) is 0 Å². The van der Waals surface area contributed by atoms with Gasteiger partial charge in [0.05, 0.1) is 10.4 Å². The Morgan fingerprint density at radius 1 is 1.00 bits per heavy atom. The fourth-order valence-electron chi connectivity index (χ4n) is 1.73. The molecule has 2 aromatic rings. The molecule has 0 saturated heterocycles. The van der Waals surface area contributed by atoms with Crippen LogP contribution in [-0.2, 0) is 6.42 Å². The van der Waals surface area contributed by atoms with E-state index < -0.39 is 11.2 Å². The maximum absolute atomic E-state index is 13.7. The first-order valence-electron chi connectivity index (χ1n) is 5.41. The normalized spacial score (nSPS) is 12.4. The topological polar surface area (TPSA) is 0 Å². The molecule has 2 aromatic carbocycles. The van der Waals surface area contributed by atoms with Gasteiger partial charge in [0, 0.05) is 5.56 Å². The van der Waals surface area contributed by atoms with Crippen LogP contribution in [0.4, 0.5) is 8.78 Å². The SMILES string of the molecule is Fc1ccccc1CC(Cl)c1cccc(Cl)c1F. The molecule has 0 heterocycles. The Morgan fingerprint density at radius 3 is 2.44 bits per heavy atom. The fraction of sp³-hybridized carbons (Fsp3) is 0.143. The van der Waals surface area contributed by atoms with Gasteiger partial charge in [-0.25, -0.2) is 8.78 Å². The summed E-state index contributed by atoms with van der Waals surface area (Å²) in [6.45, 7) is 0. The smallest absolute Gasteiger partial charge is 0.146 e. The first kappa shape index (κ1) is 13.3. The van der Waals surface area contributed by atoms with Crippen LogP contribution in [0.3, 0.4) is 0 Å². The van der Waals surface area contributed by atoms with Gasteiger partial charge in [-0.05, 0) is 24.1 Å². The van der Waals surface area contributed by atoms with Crippen LogP contribution in [0.1, 0.15) is 16.5 Å². The zero-order valence-corrected chi connectivity index (χ0v) is 10.8. The molecule has 18 heavy (non-hydrogen) atoms. The van der Waals surface area contributed by atoms with Crippen LogP contribution in [0.2, 0.25) is 5.02 Å². The van der Waals surface area contributed by atoms with Gasteiger partial charge in [-0.2, -0.15) is 0 Å². The summed E-state index contributed by atoms with van der Waals surface area (Å²) in [5.74, 6) is -0.888. The summed E-state index contributed by atoms with van der Waals surface area (Å²) in [5, 5.41) is -0.632. The number of hydrogen-bond donors (Lipinski definition) is 0. The highest BCUT2D eigenvalue weighted by molar-refractivity contribution is 6.31. The first-order valence-corrected chi connectivity index (χ1v) is 6.22. The second-order valence-electron chi connectivity index (χ2n) is 3.91. The molecular formula is C14H10Cl2F2. The monoisotopic (exact) mass is 286 g/mol. The van der Waals surface area contributed by atoms with E-state index in [1.165, 1.54) is 12.1 Å².